The summed E-state index contributed by atoms with van der Waals surface area (Å²) in [5.74, 6) is -1.88. The number of rotatable bonds is 4. The van der Waals surface area contributed by atoms with Gasteiger partial charge in [0.1, 0.15) is 11.6 Å². The first-order valence-electron chi connectivity index (χ1n) is 7.81. The molecule has 0 spiro atoms. The van der Waals surface area contributed by atoms with Crippen LogP contribution in [-0.4, -0.2) is 22.2 Å². The summed E-state index contributed by atoms with van der Waals surface area (Å²) in [7, 11) is 0. The number of fused-ring (bicyclic) bond motifs is 1. The first-order valence-corrected chi connectivity index (χ1v) is 8.19. The number of carbonyl (C=O) groups is 1. The lowest BCUT2D eigenvalue weighted by molar-refractivity contribution is -0.274. The van der Waals surface area contributed by atoms with Crippen molar-refractivity contribution in [2.24, 2.45) is 0 Å². The second-order valence-electron chi connectivity index (χ2n) is 5.79. The third-order valence-corrected chi connectivity index (χ3v) is 4.09. The molecule has 11 heteroatoms. The summed E-state index contributed by atoms with van der Waals surface area (Å²) < 4.78 is 60.2. The normalized spacial score (nSPS) is 11.5. The van der Waals surface area contributed by atoms with Gasteiger partial charge in [-0.05, 0) is 29.8 Å². The second-order valence-corrected chi connectivity index (χ2v) is 6.20. The Morgan fingerprint density at radius 3 is 2.41 bits per heavy atom. The maximum absolute atomic E-state index is 13.8. The molecule has 3 rings (SSSR count). The summed E-state index contributed by atoms with van der Waals surface area (Å²) in [5, 5.41) is 8.34. The summed E-state index contributed by atoms with van der Waals surface area (Å²) >= 11 is 5.78. The monoisotopic (exact) mass is 431 g/mol. The Hall–Kier alpha value is -3.27. The van der Waals surface area contributed by atoms with E-state index < -0.39 is 35.3 Å². The van der Waals surface area contributed by atoms with E-state index in [0.717, 1.165) is 24.4 Å². The van der Waals surface area contributed by atoms with Gasteiger partial charge in [0.25, 0.3) is 0 Å². The fourth-order valence-electron chi connectivity index (χ4n) is 2.65. The Balaban J connectivity index is 2.06. The molecular formula is C18H10ClF4NO5. The maximum atomic E-state index is 13.8. The van der Waals surface area contributed by atoms with E-state index in [9.17, 15) is 27.2 Å². The molecule has 0 fully saturated rings. The van der Waals surface area contributed by atoms with Crippen LogP contribution in [0, 0.1) is 5.82 Å². The lowest BCUT2D eigenvalue weighted by Gasteiger charge is -2.14. The average molecular weight is 432 g/mol. The van der Waals surface area contributed by atoms with E-state index >= 15 is 0 Å². The number of carboxylic acid groups (broad SMARTS) is 1. The van der Waals surface area contributed by atoms with Gasteiger partial charge in [0, 0.05) is 6.54 Å². The summed E-state index contributed by atoms with van der Waals surface area (Å²) in [4.78, 5) is 23.2. The van der Waals surface area contributed by atoms with Crippen molar-refractivity contribution in [2.75, 3.05) is 0 Å². The number of halogens is 5. The summed E-state index contributed by atoms with van der Waals surface area (Å²) in [6.07, 6.45) is -5.48. The van der Waals surface area contributed by atoms with Crippen LogP contribution < -0.4 is 14.9 Å². The third kappa shape index (κ3) is 4.77. The van der Waals surface area contributed by atoms with Crippen molar-refractivity contribution in [1.29, 1.82) is 0 Å². The minimum absolute atomic E-state index is 0.0129. The number of pyridine rings is 1. The van der Waals surface area contributed by atoms with Gasteiger partial charge in [0.05, 0.1) is 22.1 Å². The highest BCUT2D eigenvalue weighted by atomic mass is 35.5. The molecule has 0 unspecified atom stereocenters. The lowest BCUT2D eigenvalue weighted by atomic mass is 10.1. The Morgan fingerprint density at radius 2 is 1.83 bits per heavy atom. The zero-order chi connectivity index (χ0) is 21.3. The Labute approximate surface area is 164 Å². The molecule has 2 aromatic carbocycles. The maximum Gasteiger partial charge on any atom is 0.573 e. The van der Waals surface area contributed by atoms with E-state index in [1.165, 1.54) is 22.8 Å². The quantitative estimate of drug-likeness (QED) is 0.474. The lowest BCUT2D eigenvalue weighted by Crippen LogP contribution is -2.17. The number of hydrogen-bond acceptors (Lipinski definition) is 4. The molecule has 0 saturated heterocycles. The minimum atomic E-state index is -4.83. The number of nitrogens with zero attached hydrogens (tertiary/aromatic N) is 1. The molecule has 0 aliphatic rings. The van der Waals surface area contributed by atoms with Crippen molar-refractivity contribution >= 4 is 28.7 Å². The van der Waals surface area contributed by atoms with Gasteiger partial charge in [-0.25, -0.2) is 9.18 Å². The molecule has 0 amide bonds. The number of alkyl halides is 3. The van der Waals surface area contributed by atoms with E-state index in [-0.39, 0.29) is 22.5 Å². The molecule has 1 N–H and O–H groups in total. The predicted octanol–water partition coefficient (Wildman–Crippen LogP) is 4.80. The van der Waals surface area contributed by atoms with Gasteiger partial charge in [-0.3, -0.25) is 4.79 Å². The Kier molecular flexibility index (Phi) is 5.38. The molecule has 6 nitrogen and oxygen atoms in total. The van der Waals surface area contributed by atoms with E-state index in [0.29, 0.717) is 5.56 Å². The highest BCUT2D eigenvalue weighted by Crippen LogP contribution is 2.26. The number of hydrogen-bond donors (Lipinski definition) is 1. The number of ether oxygens (including phenoxy) is 2. The molecule has 29 heavy (non-hydrogen) atoms. The first kappa shape index (κ1) is 20.5. The molecule has 1 aromatic heterocycles. The van der Waals surface area contributed by atoms with Crippen molar-refractivity contribution in [3.63, 3.8) is 0 Å². The summed E-state index contributed by atoms with van der Waals surface area (Å²) in [6, 6.07) is 6.90. The highest BCUT2D eigenvalue weighted by molar-refractivity contribution is 6.31. The molecule has 1 heterocycles. The van der Waals surface area contributed by atoms with Crippen molar-refractivity contribution < 1.29 is 36.9 Å². The largest absolute Gasteiger partial charge is 0.573 e. The second kappa shape index (κ2) is 7.63. The zero-order valence-electron chi connectivity index (χ0n) is 14.2. The molecule has 0 bridgehead atoms. The van der Waals surface area contributed by atoms with Gasteiger partial charge in [-0.2, -0.15) is 0 Å². The molecule has 0 saturated carbocycles. The molecule has 0 radical (unpaired) electrons. The SMILES string of the molecule is O=C(O)Oc1cn(Cc2ccc(OC(F)(F)F)cc2)c2cc(Cl)c(F)cc2c1=O. The Bertz CT molecular complexity index is 1140. The topological polar surface area (TPSA) is 77.8 Å². The summed E-state index contributed by atoms with van der Waals surface area (Å²) in [5.41, 5.74) is -0.205. The average Bonchev–Trinajstić information content (AvgIpc) is 2.61. The smallest absolute Gasteiger partial charge is 0.449 e. The van der Waals surface area contributed by atoms with E-state index in [1.807, 2.05) is 0 Å². The van der Waals surface area contributed by atoms with Crippen LogP contribution in [0.1, 0.15) is 5.56 Å². The fourth-order valence-corrected chi connectivity index (χ4v) is 2.81. The Morgan fingerprint density at radius 1 is 1.17 bits per heavy atom. The molecule has 0 aliphatic heterocycles. The fraction of sp³-hybridized carbons (Fsp3) is 0.111. The standard InChI is InChI=1S/C18H10ClF4NO5/c19-12-6-14-11(5-13(12)20)16(25)15(28-17(26)27)8-24(14)7-9-1-3-10(4-2-9)29-18(21,22)23/h1-6,8H,7H2,(H,26,27). The van der Waals surface area contributed by atoms with Crippen LogP contribution in [-0.2, 0) is 6.54 Å². The van der Waals surface area contributed by atoms with E-state index in [4.69, 9.17) is 16.7 Å². The van der Waals surface area contributed by atoms with Crippen LogP contribution in [0.4, 0.5) is 22.4 Å². The van der Waals surface area contributed by atoms with Crippen molar-refractivity contribution in [2.45, 2.75) is 12.9 Å². The van der Waals surface area contributed by atoms with Crippen LogP contribution in [0.5, 0.6) is 11.5 Å². The van der Waals surface area contributed by atoms with Crippen molar-refractivity contribution in [3.05, 3.63) is 69.2 Å². The van der Waals surface area contributed by atoms with Crippen LogP contribution >= 0.6 is 11.6 Å². The van der Waals surface area contributed by atoms with Gasteiger partial charge in [-0.1, -0.05) is 23.7 Å². The van der Waals surface area contributed by atoms with Gasteiger partial charge in [0.15, 0.2) is 5.75 Å². The number of benzene rings is 2. The van der Waals surface area contributed by atoms with Crippen LogP contribution in [0.3, 0.4) is 0 Å². The zero-order valence-corrected chi connectivity index (χ0v) is 14.9. The van der Waals surface area contributed by atoms with Crippen molar-refractivity contribution in [1.82, 2.24) is 4.57 Å². The van der Waals surface area contributed by atoms with Crippen LogP contribution in [0.2, 0.25) is 5.02 Å². The molecule has 3 aromatic rings. The van der Waals surface area contributed by atoms with Crippen LogP contribution in [0.25, 0.3) is 10.9 Å². The van der Waals surface area contributed by atoms with Crippen molar-refractivity contribution in [3.8, 4) is 11.5 Å². The van der Waals surface area contributed by atoms with Gasteiger partial charge in [-0.15, -0.1) is 13.2 Å². The third-order valence-electron chi connectivity index (χ3n) is 3.80. The molecular weight excluding hydrogens is 422 g/mol. The molecule has 0 atom stereocenters. The minimum Gasteiger partial charge on any atom is -0.449 e. The van der Waals surface area contributed by atoms with E-state index in [2.05, 4.69) is 9.47 Å². The number of aromatic nitrogens is 1. The van der Waals surface area contributed by atoms with Gasteiger partial charge in [0.2, 0.25) is 5.43 Å². The van der Waals surface area contributed by atoms with Gasteiger partial charge < -0.3 is 19.1 Å². The molecule has 152 valence electrons. The van der Waals surface area contributed by atoms with E-state index in [1.54, 1.807) is 0 Å². The van der Waals surface area contributed by atoms with Gasteiger partial charge >= 0.3 is 12.5 Å². The predicted molar refractivity (Wildman–Crippen MR) is 94.1 cm³/mol. The highest BCUT2D eigenvalue weighted by Gasteiger charge is 2.31. The summed E-state index contributed by atoms with van der Waals surface area (Å²) in [6.45, 7) is -0.0129. The first-order chi connectivity index (χ1) is 13.5. The molecule has 0 aliphatic carbocycles. The van der Waals surface area contributed by atoms with Crippen LogP contribution in [0.15, 0.2) is 47.4 Å².